The first-order valence-corrected chi connectivity index (χ1v) is 6.72. The molecule has 0 bridgehead atoms. The molecule has 2 aromatic rings. The van der Waals surface area contributed by atoms with Crippen LogP contribution in [0.3, 0.4) is 0 Å². The Kier molecular flexibility index (Phi) is 3.80. The highest BCUT2D eigenvalue weighted by atomic mass is 35.5. The van der Waals surface area contributed by atoms with Gasteiger partial charge in [-0.1, -0.05) is 0 Å². The van der Waals surface area contributed by atoms with E-state index in [9.17, 15) is 4.79 Å². The summed E-state index contributed by atoms with van der Waals surface area (Å²) >= 11 is 5.82. The van der Waals surface area contributed by atoms with E-state index in [1.165, 1.54) is 0 Å². The number of nitrogens with one attached hydrogen (secondary N) is 1. The van der Waals surface area contributed by atoms with Crippen molar-refractivity contribution in [3.05, 3.63) is 11.5 Å². The molecule has 0 spiro atoms. The second kappa shape index (κ2) is 5.21. The van der Waals surface area contributed by atoms with Crippen LogP contribution < -0.4 is 5.32 Å². The molecule has 1 amide bonds. The Labute approximate surface area is 116 Å². The molecular formula is C12H18ClN5O. The van der Waals surface area contributed by atoms with Crippen LogP contribution in [0.25, 0.3) is 11.2 Å². The Hall–Kier alpha value is -1.56. The molecular weight excluding hydrogens is 266 g/mol. The van der Waals surface area contributed by atoms with Gasteiger partial charge in [-0.05, 0) is 13.8 Å². The van der Waals surface area contributed by atoms with Crippen LogP contribution in [0, 0.1) is 6.92 Å². The van der Waals surface area contributed by atoms with Gasteiger partial charge < -0.3 is 9.88 Å². The number of nitrogens with zero attached hydrogens (tertiary/aromatic N) is 4. The van der Waals surface area contributed by atoms with Crippen molar-refractivity contribution in [1.29, 1.82) is 0 Å². The normalized spacial score (nSPS) is 12.9. The number of carbonyl (C=O) groups is 1. The molecule has 0 aromatic carbocycles. The van der Waals surface area contributed by atoms with Gasteiger partial charge in [0.1, 0.15) is 17.4 Å². The van der Waals surface area contributed by atoms with E-state index in [4.69, 9.17) is 11.6 Å². The second-order valence-electron chi connectivity index (χ2n) is 4.51. The van der Waals surface area contributed by atoms with E-state index >= 15 is 0 Å². The average molecular weight is 284 g/mol. The molecule has 1 atom stereocenters. The molecule has 2 rings (SSSR count). The lowest BCUT2D eigenvalue weighted by atomic mass is 10.3. The highest BCUT2D eigenvalue weighted by Crippen LogP contribution is 2.23. The van der Waals surface area contributed by atoms with E-state index in [1.54, 1.807) is 11.7 Å². The van der Waals surface area contributed by atoms with E-state index in [0.717, 1.165) is 22.7 Å². The number of imidazole rings is 1. The van der Waals surface area contributed by atoms with Crippen molar-refractivity contribution < 1.29 is 4.79 Å². The third kappa shape index (κ3) is 2.20. The van der Waals surface area contributed by atoms with E-state index in [0.29, 0.717) is 12.3 Å². The topological polar surface area (TPSA) is 64.7 Å². The fourth-order valence-corrected chi connectivity index (χ4v) is 2.50. The van der Waals surface area contributed by atoms with Gasteiger partial charge in [0.2, 0.25) is 5.91 Å². The lowest BCUT2D eigenvalue weighted by Gasteiger charge is -2.15. The zero-order valence-corrected chi connectivity index (χ0v) is 12.3. The standard InChI is InChI=1S/C12H18ClN5O/c1-7-10-12(17(4)16-7)18(8(2)11(19)14-3)9(15-10)5-6-13/h8H,5-6H2,1-4H3,(H,14,19). The first kappa shape index (κ1) is 13.9. The van der Waals surface area contributed by atoms with Gasteiger partial charge in [-0.25, -0.2) is 4.98 Å². The molecule has 1 N–H and O–H groups in total. The van der Waals surface area contributed by atoms with E-state index in [-0.39, 0.29) is 11.9 Å². The van der Waals surface area contributed by atoms with Crippen LogP contribution in [-0.2, 0) is 18.3 Å². The van der Waals surface area contributed by atoms with Gasteiger partial charge in [0, 0.05) is 26.4 Å². The average Bonchev–Trinajstić information content (AvgIpc) is 2.87. The van der Waals surface area contributed by atoms with Gasteiger partial charge in [0.25, 0.3) is 0 Å². The zero-order chi connectivity index (χ0) is 14.2. The van der Waals surface area contributed by atoms with Crippen LogP contribution in [-0.4, -0.2) is 38.2 Å². The molecule has 2 heterocycles. The fourth-order valence-electron chi connectivity index (χ4n) is 2.33. The number of likely N-dealkylation sites (N-methyl/N-ethyl adjacent to an activating group) is 1. The maximum Gasteiger partial charge on any atom is 0.242 e. The summed E-state index contributed by atoms with van der Waals surface area (Å²) in [6.07, 6.45) is 0.622. The Balaban J connectivity index is 2.66. The summed E-state index contributed by atoms with van der Waals surface area (Å²) in [6, 6.07) is -0.344. The van der Waals surface area contributed by atoms with E-state index < -0.39 is 0 Å². The monoisotopic (exact) mass is 283 g/mol. The molecule has 0 saturated heterocycles. The van der Waals surface area contributed by atoms with Gasteiger partial charge >= 0.3 is 0 Å². The number of aryl methyl sites for hydroxylation is 3. The number of carbonyl (C=O) groups excluding carboxylic acids is 1. The molecule has 0 aliphatic carbocycles. The Morgan fingerprint density at radius 1 is 1.53 bits per heavy atom. The maximum absolute atomic E-state index is 11.9. The van der Waals surface area contributed by atoms with Crippen LogP contribution in [0.15, 0.2) is 0 Å². The highest BCUT2D eigenvalue weighted by Gasteiger charge is 2.24. The van der Waals surface area contributed by atoms with Crippen LogP contribution in [0.4, 0.5) is 0 Å². The number of hydrogen-bond donors (Lipinski definition) is 1. The van der Waals surface area contributed by atoms with Crippen molar-refractivity contribution in [2.45, 2.75) is 26.3 Å². The summed E-state index contributed by atoms with van der Waals surface area (Å²) in [6.45, 7) is 3.76. The van der Waals surface area contributed by atoms with Crippen molar-refractivity contribution in [3.63, 3.8) is 0 Å². The minimum Gasteiger partial charge on any atom is -0.357 e. The highest BCUT2D eigenvalue weighted by molar-refractivity contribution is 6.17. The Morgan fingerprint density at radius 3 is 2.79 bits per heavy atom. The minimum absolute atomic E-state index is 0.0611. The number of fused-ring (bicyclic) bond motifs is 1. The Bertz CT molecular complexity index is 615. The predicted molar refractivity (Wildman–Crippen MR) is 74.4 cm³/mol. The minimum atomic E-state index is -0.344. The number of alkyl halides is 1. The molecule has 0 aliphatic rings. The molecule has 19 heavy (non-hydrogen) atoms. The summed E-state index contributed by atoms with van der Waals surface area (Å²) in [7, 11) is 3.48. The molecule has 6 nitrogen and oxygen atoms in total. The van der Waals surface area contributed by atoms with Crippen molar-refractivity contribution in [3.8, 4) is 0 Å². The van der Waals surface area contributed by atoms with Gasteiger partial charge in [-0.15, -0.1) is 11.6 Å². The van der Waals surface area contributed by atoms with Gasteiger partial charge in [0.15, 0.2) is 5.65 Å². The first-order chi connectivity index (χ1) is 9.01. The summed E-state index contributed by atoms with van der Waals surface area (Å²) in [5.41, 5.74) is 2.54. The third-order valence-corrected chi connectivity index (χ3v) is 3.43. The van der Waals surface area contributed by atoms with Gasteiger partial charge in [0.05, 0.1) is 5.69 Å². The lowest BCUT2D eigenvalue weighted by molar-refractivity contribution is -0.123. The molecule has 0 fully saturated rings. The van der Waals surface area contributed by atoms with Crippen molar-refractivity contribution >= 4 is 28.7 Å². The van der Waals surface area contributed by atoms with E-state index in [1.807, 2.05) is 25.5 Å². The van der Waals surface area contributed by atoms with Crippen LogP contribution in [0.2, 0.25) is 0 Å². The number of halogens is 1. The predicted octanol–water partition coefficient (Wildman–Crippen LogP) is 1.17. The second-order valence-corrected chi connectivity index (χ2v) is 4.89. The molecule has 0 radical (unpaired) electrons. The smallest absolute Gasteiger partial charge is 0.242 e. The largest absolute Gasteiger partial charge is 0.357 e. The van der Waals surface area contributed by atoms with Crippen molar-refractivity contribution in [2.75, 3.05) is 12.9 Å². The van der Waals surface area contributed by atoms with Crippen molar-refractivity contribution in [2.24, 2.45) is 7.05 Å². The number of aromatic nitrogens is 4. The number of amides is 1. The fraction of sp³-hybridized carbons (Fsp3) is 0.583. The molecule has 104 valence electrons. The Morgan fingerprint density at radius 2 is 2.21 bits per heavy atom. The molecule has 1 unspecified atom stereocenters. The molecule has 0 aliphatic heterocycles. The molecule has 2 aromatic heterocycles. The third-order valence-electron chi connectivity index (χ3n) is 3.24. The number of rotatable bonds is 4. The summed E-state index contributed by atoms with van der Waals surface area (Å²) in [5, 5.41) is 7.01. The zero-order valence-electron chi connectivity index (χ0n) is 11.6. The quantitative estimate of drug-likeness (QED) is 0.857. The summed E-state index contributed by atoms with van der Waals surface area (Å²) in [5.74, 6) is 1.22. The van der Waals surface area contributed by atoms with E-state index in [2.05, 4.69) is 15.4 Å². The first-order valence-electron chi connectivity index (χ1n) is 6.19. The summed E-state index contributed by atoms with van der Waals surface area (Å²) in [4.78, 5) is 16.5. The van der Waals surface area contributed by atoms with Gasteiger partial charge in [-0.3, -0.25) is 9.48 Å². The molecule has 0 saturated carbocycles. The van der Waals surface area contributed by atoms with Gasteiger partial charge in [-0.2, -0.15) is 5.10 Å². The van der Waals surface area contributed by atoms with Crippen LogP contribution in [0.1, 0.15) is 24.5 Å². The molecule has 7 heteroatoms. The summed E-state index contributed by atoms with van der Waals surface area (Å²) < 4.78 is 3.67. The van der Waals surface area contributed by atoms with Crippen LogP contribution in [0.5, 0.6) is 0 Å². The SMILES string of the molecule is CNC(=O)C(C)n1c(CCCl)nc2c(C)nn(C)c21. The number of hydrogen-bond acceptors (Lipinski definition) is 3. The van der Waals surface area contributed by atoms with Crippen LogP contribution >= 0.6 is 11.6 Å². The van der Waals surface area contributed by atoms with Crippen molar-refractivity contribution in [1.82, 2.24) is 24.6 Å². The lowest BCUT2D eigenvalue weighted by Crippen LogP contribution is -2.29. The maximum atomic E-state index is 11.9.